The van der Waals surface area contributed by atoms with Gasteiger partial charge in [-0.1, -0.05) is 19.3 Å². The molecular formula is C12H16N2O3. The summed E-state index contributed by atoms with van der Waals surface area (Å²) in [4.78, 5) is 35.7. The van der Waals surface area contributed by atoms with E-state index >= 15 is 0 Å². The summed E-state index contributed by atoms with van der Waals surface area (Å²) in [5.74, 6) is -1.09. The summed E-state index contributed by atoms with van der Waals surface area (Å²) in [5.41, 5.74) is 4.75. The Morgan fingerprint density at radius 1 is 1.18 bits per heavy atom. The van der Waals surface area contributed by atoms with Crippen molar-refractivity contribution < 1.29 is 14.4 Å². The normalized spacial score (nSPS) is 23.2. The smallest absolute Gasteiger partial charge is 0.253 e. The number of nitrogens with zero attached hydrogens (tertiary/aromatic N) is 1. The van der Waals surface area contributed by atoms with Gasteiger partial charge in [0.15, 0.2) is 0 Å². The third kappa shape index (κ3) is 2.09. The highest BCUT2D eigenvalue weighted by atomic mass is 16.2. The largest absolute Gasteiger partial charge is 0.369 e. The molecule has 0 aromatic rings. The van der Waals surface area contributed by atoms with Crippen molar-refractivity contribution >= 4 is 17.7 Å². The number of carbonyl (C=O) groups excluding carboxylic acids is 3. The molecule has 0 spiro atoms. The molecule has 0 saturated heterocycles. The van der Waals surface area contributed by atoms with Crippen LogP contribution in [0, 0.1) is 5.41 Å². The first-order valence-electron chi connectivity index (χ1n) is 5.89. The number of primary amides is 1. The standard InChI is InChI=1S/C12H16N2O3/c13-11(17)12(6-2-1-3-7-12)8-14-9(15)4-5-10(14)16/h4-5H,1-3,6-8H2,(H2,13,17). The summed E-state index contributed by atoms with van der Waals surface area (Å²) < 4.78 is 0. The average molecular weight is 236 g/mol. The van der Waals surface area contributed by atoms with E-state index in [9.17, 15) is 14.4 Å². The molecule has 0 bridgehead atoms. The zero-order chi connectivity index (χ0) is 12.5. The Kier molecular flexibility index (Phi) is 3.00. The summed E-state index contributed by atoms with van der Waals surface area (Å²) in [6, 6.07) is 0. The maximum absolute atomic E-state index is 11.6. The van der Waals surface area contributed by atoms with Gasteiger partial charge in [0, 0.05) is 18.7 Å². The fraction of sp³-hybridized carbons (Fsp3) is 0.583. The van der Waals surface area contributed by atoms with Crippen molar-refractivity contribution in [2.75, 3.05) is 6.54 Å². The van der Waals surface area contributed by atoms with Gasteiger partial charge in [-0.2, -0.15) is 0 Å². The van der Waals surface area contributed by atoms with Crippen LogP contribution >= 0.6 is 0 Å². The number of hydrogen-bond acceptors (Lipinski definition) is 3. The van der Waals surface area contributed by atoms with Crippen molar-refractivity contribution in [2.45, 2.75) is 32.1 Å². The number of nitrogens with two attached hydrogens (primary N) is 1. The zero-order valence-corrected chi connectivity index (χ0v) is 9.65. The van der Waals surface area contributed by atoms with Crippen LogP contribution in [-0.2, 0) is 14.4 Å². The lowest BCUT2D eigenvalue weighted by Crippen LogP contribution is -2.49. The van der Waals surface area contributed by atoms with Crippen LogP contribution < -0.4 is 5.73 Å². The third-order valence-corrected chi connectivity index (χ3v) is 3.69. The highest BCUT2D eigenvalue weighted by molar-refractivity contribution is 6.13. The van der Waals surface area contributed by atoms with Crippen molar-refractivity contribution in [1.82, 2.24) is 4.90 Å². The third-order valence-electron chi connectivity index (χ3n) is 3.69. The van der Waals surface area contributed by atoms with Crippen LogP contribution in [0.2, 0.25) is 0 Å². The van der Waals surface area contributed by atoms with Crippen LogP contribution in [0.25, 0.3) is 0 Å². The maximum atomic E-state index is 11.6. The minimum absolute atomic E-state index is 0.132. The molecule has 1 heterocycles. The molecule has 0 aromatic heterocycles. The van der Waals surface area contributed by atoms with Gasteiger partial charge in [0.1, 0.15) is 0 Å². The van der Waals surface area contributed by atoms with Gasteiger partial charge in [-0.15, -0.1) is 0 Å². The van der Waals surface area contributed by atoms with Crippen molar-refractivity contribution in [1.29, 1.82) is 0 Å². The second-order valence-corrected chi connectivity index (χ2v) is 4.80. The Labute approximate surface area is 99.6 Å². The van der Waals surface area contributed by atoms with Gasteiger partial charge >= 0.3 is 0 Å². The summed E-state index contributed by atoms with van der Waals surface area (Å²) in [7, 11) is 0. The molecule has 1 fully saturated rings. The summed E-state index contributed by atoms with van der Waals surface area (Å²) >= 11 is 0. The minimum Gasteiger partial charge on any atom is -0.369 e. The van der Waals surface area contributed by atoms with Crippen LogP contribution in [0.5, 0.6) is 0 Å². The van der Waals surface area contributed by atoms with Crippen LogP contribution in [-0.4, -0.2) is 29.2 Å². The van der Waals surface area contributed by atoms with Crippen LogP contribution in [0.3, 0.4) is 0 Å². The first-order valence-corrected chi connectivity index (χ1v) is 5.89. The first-order chi connectivity index (χ1) is 8.05. The fourth-order valence-corrected chi connectivity index (χ4v) is 2.60. The molecule has 2 aliphatic rings. The Hall–Kier alpha value is -1.65. The van der Waals surface area contributed by atoms with Gasteiger partial charge < -0.3 is 5.73 Å². The molecule has 92 valence electrons. The number of hydrogen-bond donors (Lipinski definition) is 1. The van der Waals surface area contributed by atoms with E-state index in [1.165, 1.54) is 12.2 Å². The Balaban J connectivity index is 2.16. The molecule has 0 aromatic carbocycles. The quantitative estimate of drug-likeness (QED) is 0.718. The summed E-state index contributed by atoms with van der Waals surface area (Å²) in [6.45, 7) is 0.132. The van der Waals surface area contributed by atoms with Crippen molar-refractivity contribution in [3.8, 4) is 0 Å². The molecule has 0 radical (unpaired) electrons. The van der Waals surface area contributed by atoms with E-state index in [1.807, 2.05) is 0 Å². The second-order valence-electron chi connectivity index (χ2n) is 4.80. The van der Waals surface area contributed by atoms with Gasteiger partial charge in [-0.3, -0.25) is 19.3 Å². The molecule has 5 heteroatoms. The predicted molar refractivity (Wildman–Crippen MR) is 60.6 cm³/mol. The topological polar surface area (TPSA) is 80.5 Å². The van der Waals surface area contributed by atoms with Crippen LogP contribution in [0.15, 0.2) is 12.2 Å². The monoisotopic (exact) mass is 236 g/mol. The Bertz CT molecular complexity index is 377. The van der Waals surface area contributed by atoms with Gasteiger partial charge in [0.2, 0.25) is 5.91 Å². The molecule has 1 aliphatic heterocycles. The minimum atomic E-state index is -0.713. The lowest BCUT2D eigenvalue weighted by molar-refractivity contribution is -0.142. The molecule has 17 heavy (non-hydrogen) atoms. The second kappa shape index (κ2) is 4.31. The Morgan fingerprint density at radius 3 is 2.18 bits per heavy atom. The molecule has 3 amide bonds. The average Bonchev–Trinajstić information content (AvgIpc) is 2.62. The molecule has 2 N–H and O–H groups in total. The lowest BCUT2D eigenvalue weighted by atomic mass is 9.73. The zero-order valence-electron chi connectivity index (χ0n) is 9.65. The molecule has 1 saturated carbocycles. The number of carbonyl (C=O) groups is 3. The van der Waals surface area contributed by atoms with E-state index in [-0.39, 0.29) is 18.4 Å². The molecule has 1 aliphatic carbocycles. The first kappa shape index (κ1) is 11.8. The van der Waals surface area contributed by atoms with Gasteiger partial charge in [0.05, 0.1) is 5.41 Å². The highest BCUT2D eigenvalue weighted by Crippen LogP contribution is 2.37. The van der Waals surface area contributed by atoms with E-state index < -0.39 is 11.3 Å². The van der Waals surface area contributed by atoms with Gasteiger partial charge in [0.25, 0.3) is 11.8 Å². The highest BCUT2D eigenvalue weighted by Gasteiger charge is 2.42. The number of rotatable bonds is 3. The van der Waals surface area contributed by atoms with E-state index in [2.05, 4.69) is 0 Å². The molecular weight excluding hydrogens is 220 g/mol. The van der Waals surface area contributed by atoms with Crippen molar-refractivity contribution in [2.24, 2.45) is 11.1 Å². The summed E-state index contributed by atoms with van der Waals surface area (Å²) in [6.07, 6.45) is 6.73. The van der Waals surface area contributed by atoms with Gasteiger partial charge in [-0.05, 0) is 12.8 Å². The molecule has 0 unspecified atom stereocenters. The van der Waals surface area contributed by atoms with E-state index in [0.717, 1.165) is 24.2 Å². The van der Waals surface area contributed by atoms with E-state index in [4.69, 9.17) is 5.73 Å². The van der Waals surface area contributed by atoms with E-state index in [0.29, 0.717) is 12.8 Å². The van der Waals surface area contributed by atoms with Crippen molar-refractivity contribution in [3.63, 3.8) is 0 Å². The van der Waals surface area contributed by atoms with Gasteiger partial charge in [-0.25, -0.2) is 0 Å². The summed E-state index contributed by atoms with van der Waals surface area (Å²) in [5, 5.41) is 0. The molecule has 5 nitrogen and oxygen atoms in total. The Morgan fingerprint density at radius 2 is 1.71 bits per heavy atom. The van der Waals surface area contributed by atoms with E-state index in [1.54, 1.807) is 0 Å². The predicted octanol–water partition coefficient (Wildman–Crippen LogP) is 0.347. The lowest BCUT2D eigenvalue weighted by Gasteiger charge is -2.36. The number of amides is 3. The number of imide groups is 1. The SMILES string of the molecule is NC(=O)C1(CN2C(=O)C=CC2=O)CCCCC1. The van der Waals surface area contributed by atoms with Crippen molar-refractivity contribution in [3.05, 3.63) is 12.2 Å². The maximum Gasteiger partial charge on any atom is 0.253 e. The fourth-order valence-electron chi connectivity index (χ4n) is 2.60. The van der Waals surface area contributed by atoms with Crippen LogP contribution in [0.4, 0.5) is 0 Å². The van der Waals surface area contributed by atoms with Crippen LogP contribution in [0.1, 0.15) is 32.1 Å². The molecule has 2 rings (SSSR count). The molecule has 0 atom stereocenters.